The van der Waals surface area contributed by atoms with E-state index in [1.54, 1.807) is 25.6 Å². The van der Waals surface area contributed by atoms with E-state index in [1.165, 1.54) is 0 Å². The average Bonchev–Trinajstić information content (AvgIpc) is 3.39. The molecule has 0 radical (unpaired) electrons. The van der Waals surface area contributed by atoms with Crippen molar-refractivity contribution in [1.82, 2.24) is 5.01 Å². The predicted octanol–water partition coefficient (Wildman–Crippen LogP) is 6.53. The van der Waals surface area contributed by atoms with Gasteiger partial charge in [-0.15, -0.1) is 11.3 Å². The molecule has 5 rings (SSSR count). The normalized spacial score (nSPS) is 19.6. The molecule has 5 nitrogen and oxygen atoms in total. The molecule has 0 fully saturated rings. The van der Waals surface area contributed by atoms with Gasteiger partial charge in [0.05, 0.1) is 40.2 Å². The second-order valence-electron chi connectivity index (χ2n) is 6.99. The van der Waals surface area contributed by atoms with Gasteiger partial charge in [0.2, 0.25) is 6.23 Å². The van der Waals surface area contributed by atoms with Gasteiger partial charge < -0.3 is 14.2 Å². The summed E-state index contributed by atoms with van der Waals surface area (Å²) in [6, 6.07) is 16.2. The van der Waals surface area contributed by atoms with E-state index >= 15 is 0 Å². The molecule has 3 heterocycles. The van der Waals surface area contributed by atoms with Crippen LogP contribution in [0.1, 0.15) is 34.7 Å². The molecule has 0 aliphatic carbocycles. The summed E-state index contributed by atoms with van der Waals surface area (Å²) < 4.78 is 19.8. The predicted molar refractivity (Wildman–Crippen MR) is 125 cm³/mol. The number of hydrazone groups is 1. The van der Waals surface area contributed by atoms with Crippen LogP contribution in [0.25, 0.3) is 0 Å². The molecule has 0 saturated heterocycles. The number of halogens is 2. The van der Waals surface area contributed by atoms with Crippen LogP contribution in [0.15, 0.2) is 61.9 Å². The Morgan fingerprint density at radius 3 is 2.67 bits per heavy atom. The molecule has 1 aromatic heterocycles. The van der Waals surface area contributed by atoms with Gasteiger partial charge in [0.15, 0.2) is 11.5 Å². The number of hydrogen-bond donors (Lipinski definition) is 0. The Bertz CT molecular complexity index is 1150. The number of hydrogen-bond acceptors (Lipinski definition) is 6. The highest BCUT2D eigenvalue weighted by Crippen LogP contribution is 2.50. The fourth-order valence-electron chi connectivity index (χ4n) is 3.99. The van der Waals surface area contributed by atoms with Gasteiger partial charge in [0.1, 0.15) is 5.75 Å². The summed E-state index contributed by atoms with van der Waals surface area (Å²) in [7, 11) is 3.29. The first-order valence-corrected chi connectivity index (χ1v) is 11.8. The molecule has 154 valence electrons. The second-order valence-corrected chi connectivity index (χ2v) is 10.4. The molecule has 0 unspecified atom stereocenters. The maximum Gasteiger partial charge on any atom is 0.217 e. The molecule has 0 N–H and O–H groups in total. The number of benzene rings is 2. The SMILES string of the molecule is COc1cccc([C@H]2Oc3ccc(Br)cc3[C@@H]3CC(c4ccc(Br)s4)=NN23)c1OC. The van der Waals surface area contributed by atoms with Crippen LogP contribution in [-0.4, -0.2) is 24.9 Å². The minimum atomic E-state index is -0.422. The Kier molecular flexibility index (Phi) is 5.24. The van der Waals surface area contributed by atoms with Gasteiger partial charge >= 0.3 is 0 Å². The lowest BCUT2D eigenvalue weighted by Gasteiger charge is -2.38. The molecule has 2 aliphatic rings. The van der Waals surface area contributed by atoms with Crippen molar-refractivity contribution in [3.05, 3.63) is 72.8 Å². The quantitative estimate of drug-likeness (QED) is 0.371. The van der Waals surface area contributed by atoms with Crippen molar-refractivity contribution < 1.29 is 14.2 Å². The summed E-state index contributed by atoms with van der Waals surface area (Å²) >= 11 is 8.85. The van der Waals surface area contributed by atoms with Crippen LogP contribution in [0.3, 0.4) is 0 Å². The highest BCUT2D eigenvalue weighted by atomic mass is 79.9. The first kappa shape index (κ1) is 19.9. The molecule has 0 saturated carbocycles. The molecule has 0 spiro atoms. The third-order valence-corrected chi connectivity index (χ3v) is 7.47. The molecule has 0 amide bonds. The Balaban J connectivity index is 1.64. The molecule has 2 atom stereocenters. The van der Waals surface area contributed by atoms with Gasteiger partial charge in [0, 0.05) is 16.5 Å². The van der Waals surface area contributed by atoms with Crippen molar-refractivity contribution in [3.8, 4) is 17.2 Å². The van der Waals surface area contributed by atoms with E-state index in [9.17, 15) is 0 Å². The Morgan fingerprint density at radius 2 is 1.93 bits per heavy atom. The van der Waals surface area contributed by atoms with Crippen molar-refractivity contribution >= 4 is 48.9 Å². The van der Waals surface area contributed by atoms with Gasteiger partial charge in [0.25, 0.3) is 0 Å². The maximum absolute atomic E-state index is 6.47. The molecule has 0 bridgehead atoms. The first-order valence-electron chi connectivity index (χ1n) is 9.37. The third-order valence-electron chi connectivity index (χ3n) is 5.31. The van der Waals surface area contributed by atoms with Gasteiger partial charge in [-0.1, -0.05) is 22.0 Å². The van der Waals surface area contributed by atoms with Gasteiger partial charge in [-0.3, -0.25) is 0 Å². The number of thiophene rings is 1. The smallest absolute Gasteiger partial charge is 0.217 e. The largest absolute Gasteiger partial charge is 0.493 e. The topological polar surface area (TPSA) is 43.3 Å². The van der Waals surface area contributed by atoms with E-state index in [4.69, 9.17) is 19.3 Å². The van der Waals surface area contributed by atoms with Gasteiger partial charge in [-0.2, -0.15) is 5.10 Å². The number of ether oxygens (including phenoxy) is 3. The second kappa shape index (κ2) is 7.90. The molecule has 8 heteroatoms. The van der Waals surface area contributed by atoms with Crippen molar-refractivity contribution in [2.24, 2.45) is 5.10 Å². The van der Waals surface area contributed by atoms with Crippen LogP contribution in [0.4, 0.5) is 0 Å². The lowest BCUT2D eigenvalue weighted by Crippen LogP contribution is -2.34. The maximum atomic E-state index is 6.47. The molecular weight excluding hydrogens is 532 g/mol. The number of nitrogens with zero attached hydrogens (tertiary/aromatic N) is 2. The molecular formula is C22H18Br2N2O3S. The van der Waals surface area contributed by atoms with Crippen molar-refractivity contribution in [3.63, 3.8) is 0 Å². The van der Waals surface area contributed by atoms with E-state index < -0.39 is 6.23 Å². The highest BCUT2D eigenvalue weighted by molar-refractivity contribution is 9.11. The minimum Gasteiger partial charge on any atom is -0.493 e. The van der Waals surface area contributed by atoms with E-state index in [-0.39, 0.29) is 6.04 Å². The summed E-state index contributed by atoms with van der Waals surface area (Å²) in [5.41, 5.74) is 3.06. The van der Waals surface area contributed by atoms with E-state index in [1.807, 2.05) is 30.3 Å². The molecule has 2 aromatic carbocycles. The van der Waals surface area contributed by atoms with Crippen LogP contribution >= 0.6 is 43.2 Å². The average molecular weight is 550 g/mol. The van der Waals surface area contributed by atoms with E-state index in [0.717, 1.165) is 42.1 Å². The number of methoxy groups -OCH3 is 2. The van der Waals surface area contributed by atoms with Gasteiger partial charge in [-0.25, -0.2) is 5.01 Å². The summed E-state index contributed by atoms with van der Waals surface area (Å²) in [5, 5.41) is 7.06. The van der Waals surface area contributed by atoms with Crippen LogP contribution in [0, 0.1) is 0 Å². The first-order chi connectivity index (χ1) is 14.6. The Hall–Kier alpha value is -2.03. The van der Waals surface area contributed by atoms with Crippen molar-refractivity contribution in [2.75, 3.05) is 14.2 Å². The summed E-state index contributed by atoms with van der Waals surface area (Å²) in [6.07, 6.45) is 0.386. The molecule has 2 aliphatic heterocycles. The number of fused-ring (bicyclic) bond motifs is 3. The van der Waals surface area contributed by atoms with E-state index in [2.05, 4.69) is 55.1 Å². The van der Waals surface area contributed by atoms with Crippen LogP contribution in [0.2, 0.25) is 0 Å². The summed E-state index contributed by atoms with van der Waals surface area (Å²) in [6.45, 7) is 0. The van der Waals surface area contributed by atoms with Crippen LogP contribution < -0.4 is 14.2 Å². The lowest BCUT2D eigenvalue weighted by atomic mass is 9.97. The standard InChI is InChI=1S/C22H18Br2N2O3S/c1-27-18-5-3-4-13(21(18)28-2)22-26-16(14-10-12(23)6-7-17(14)29-22)11-15(25-26)19-8-9-20(24)30-19/h3-10,16,22H,11H2,1-2H3/t16-,22+/m0/s1. The lowest BCUT2D eigenvalue weighted by molar-refractivity contribution is -0.0205. The van der Waals surface area contributed by atoms with Gasteiger partial charge in [-0.05, 0) is 58.4 Å². The van der Waals surface area contributed by atoms with E-state index in [0.29, 0.717) is 11.5 Å². The molecule has 30 heavy (non-hydrogen) atoms. The van der Waals surface area contributed by atoms with Crippen molar-refractivity contribution in [2.45, 2.75) is 18.7 Å². The fraction of sp³-hybridized carbons (Fsp3) is 0.227. The number of rotatable bonds is 4. The molecule has 3 aromatic rings. The van der Waals surface area contributed by atoms with Crippen LogP contribution in [-0.2, 0) is 0 Å². The Labute approximate surface area is 195 Å². The summed E-state index contributed by atoms with van der Waals surface area (Å²) in [5.74, 6) is 2.19. The summed E-state index contributed by atoms with van der Waals surface area (Å²) in [4.78, 5) is 1.16. The monoisotopic (exact) mass is 548 g/mol. The highest BCUT2D eigenvalue weighted by Gasteiger charge is 2.42. The van der Waals surface area contributed by atoms with Crippen molar-refractivity contribution in [1.29, 1.82) is 0 Å². The zero-order valence-electron chi connectivity index (χ0n) is 16.3. The minimum absolute atomic E-state index is 0.0723. The fourth-order valence-corrected chi connectivity index (χ4v) is 5.75. The van der Waals surface area contributed by atoms with Crippen LogP contribution in [0.5, 0.6) is 17.2 Å². The number of para-hydroxylation sites is 1. The zero-order valence-corrected chi connectivity index (χ0v) is 20.3. The third kappa shape index (κ3) is 3.31. The Morgan fingerprint density at radius 1 is 1.07 bits per heavy atom. The zero-order chi connectivity index (χ0) is 20.8.